The molecule has 0 radical (unpaired) electrons. The molecular formula is C36H47FN2O6Si2. The largest absolute Gasteiger partial charge is 0.530 e. The molecule has 0 amide bonds. The van der Waals surface area contributed by atoms with Crippen LogP contribution in [-0.2, 0) is 47.6 Å². The lowest BCUT2D eigenvalue weighted by Crippen LogP contribution is -2.52. The zero-order chi connectivity index (χ0) is 33.4. The van der Waals surface area contributed by atoms with Gasteiger partial charge in [-0.15, -0.1) is 0 Å². The third-order valence-electron chi connectivity index (χ3n) is 7.35. The second-order valence-electron chi connectivity index (χ2n) is 13.7. The lowest BCUT2D eigenvalue weighted by Gasteiger charge is -2.40. The van der Waals surface area contributed by atoms with Crippen molar-refractivity contribution in [3.05, 3.63) is 120 Å². The number of benzene rings is 3. The molecule has 2 aliphatic heterocycles. The topological polar surface area (TPSA) is 71.0 Å². The summed E-state index contributed by atoms with van der Waals surface area (Å²) >= 11 is 0. The highest BCUT2D eigenvalue weighted by Gasteiger charge is 2.51. The van der Waals surface area contributed by atoms with Gasteiger partial charge in [0.15, 0.2) is 20.4 Å². The first-order valence-corrected chi connectivity index (χ1v) is 22.9. The van der Waals surface area contributed by atoms with Crippen LogP contribution in [-0.4, -0.2) is 64.9 Å². The Morgan fingerprint density at radius 2 is 1.21 bits per heavy atom. The highest BCUT2D eigenvalue weighted by atomic mass is 28.4. The van der Waals surface area contributed by atoms with Crippen LogP contribution in [0.4, 0.5) is 4.39 Å². The molecule has 11 heteroatoms. The summed E-state index contributed by atoms with van der Waals surface area (Å²) in [6, 6.07) is 29.9. The van der Waals surface area contributed by atoms with E-state index < -0.39 is 53.4 Å². The average Bonchev–Trinajstić information content (AvgIpc) is 3.37. The molecule has 0 aromatic heterocycles. The van der Waals surface area contributed by atoms with Gasteiger partial charge in [0.25, 0.3) is 0 Å². The van der Waals surface area contributed by atoms with E-state index in [1.165, 1.54) is 6.20 Å². The number of nitrogens with zero attached hydrogens (tertiary/aromatic N) is 2. The summed E-state index contributed by atoms with van der Waals surface area (Å²) in [5.41, 5.74) is 3.06. The van der Waals surface area contributed by atoms with Crippen LogP contribution in [0.5, 0.6) is 0 Å². The van der Waals surface area contributed by atoms with Crippen molar-refractivity contribution in [2.45, 2.75) is 90.0 Å². The van der Waals surface area contributed by atoms with Gasteiger partial charge in [-0.3, -0.25) is 0 Å². The molecule has 2 heterocycles. The minimum absolute atomic E-state index is 0.0389. The van der Waals surface area contributed by atoms with Gasteiger partial charge < -0.3 is 32.7 Å². The van der Waals surface area contributed by atoms with Crippen molar-refractivity contribution >= 4 is 22.5 Å². The van der Waals surface area contributed by atoms with Crippen LogP contribution in [0.15, 0.2) is 108 Å². The third-order valence-corrected chi connectivity index (χ3v) is 9.08. The minimum Gasteiger partial charge on any atom is -0.530 e. The minimum atomic E-state index is -2.19. The Labute approximate surface area is 280 Å². The molecule has 252 valence electrons. The van der Waals surface area contributed by atoms with Crippen molar-refractivity contribution in [1.82, 2.24) is 4.90 Å². The average molecular weight is 679 g/mol. The highest BCUT2D eigenvalue weighted by molar-refractivity contribution is 6.71. The first-order valence-electron chi connectivity index (χ1n) is 16.1. The molecule has 0 spiro atoms. The lowest BCUT2D eigenvalue weighted by molar-refractivity contribution is -0.144. The monoisotopic (exact) mass is 678 g/mol. The van der Waals surface area contributed by atoms with Crippen LogP contribution >= 0.6 is 0 Å². The zero-order valence-corrected chi connectivity index (χ0v) is 30.2. The van der Waals surface area contributed by atoms with Crippen LogP contribution in [0.3, 0.4) is 0 Å². The predicted octanol–water partition coefficient (Wildman–Crippen LogP) is 7.61. The summed E-state index contributed by atoms with van der Waals surface area (Å²) in [6.07, 6.45) is -2.00. The molecule has 8 nitrogen and oxygen atoms in total. The van der Waals surface area contributed by atoms with Crippen LogP contribution in [0, 0.1) is 0 Å². The van der Waals surface area contributed by atoms with Gasteiger partial charge >= 0.3 is 0 Å². The molecular weight excluding hydrogens is 632 g/mol. The Balaban J connectivity index is 1.47. The summed E-state index contributed by atoms with van der Waals surface area (Å²) in [5.74, 6) is -0.623. The molecule has 1 unspecified atom stereocenters. The van der Waals surface area contributed by atoms with Gasteiger partial charge in [0.1, 0.15) is 18.3 Å². The fourth-order valence-electron chi connectivity index (χ4n) is 5.31. The Morgan fingerprint density at radius 1 is 0.702 bits per heavy atom. The van der Waals surface area contributed by atoms with E-state index in [0.717, 1.165) is 16.7 Å². The third kappa shape index (κ3) is 10.4. The molecule has 0 bridgehead atoms. The van der Waals surface area contributed by atoms with E-state index in [1.807, 2.05) is 111 Å². The molecule has 1 saturated heterocycles. The Morgan fingerprint density at radius 3 is 1.72 bits per heavy atom. The normalized spacial score (nSPS) is 23.4. The van der Waals surface area contributed by atoms with E-state index in [2.05, 4.69) is 24.6 Å². The van der Waals surface area contributed by atoms with Crippen molar-refractivity contribution in [2.75, 3.05) is 6.61 Å². The molecule has 0 saturated carbocycles. The van der Waals surface area contributed by atoms with Gasteiger partial charge in [0.05, 0.1) is 26.4 Å². The molecule has 5 rings (SSSR count). The van der Waals surface area contributed by atoms with Crippen LogP contribution in [0.25, 0.3) is 0 Å². The molecule has 5 atom stereocenters. The summed E-state index contributed by atoms with van der Waals surface area (Å²) in [6.45, 7) is 13.5. The summed E-state index contributed by atoms with van der Waals surface area (Å²) in [4.78, 5) is 6.35. The number of ether oxygens (including phenoxy) is 4. The fraction of sp³-hybridized carbons (Fsp3) is 0.417. The number of halogens is 1. The first kappa shape index (κ1) is 35.1. The number of hydrogen-bond acceptors (Lipinski definition) is 8. The maximum atomic E-state index is 15.8. The molecule has 0 aliphatic carbocycles. The van der Waals surface area contributed by atoms with Gasteiger partial charge in [0, 0.05) is 6.20 Å². The van der Waals surface area contributed by atoms with Crippen molar-refractivity contribution in [3.8, 4) is 0 Å². The van der Waals surface area contributed by atoms with Gasteiger partial charge in [-0.1, -0.05) is 91.0 Å². The second-order valence-corrected chi connectivity index (χ2v) is 22.6. The van der Waals surface area contributed by atoms with E-state index in [4.69, 9.17) is 27.8 Å². The van der Waals surface area contributed by atoms with E-state index in [-0.39, 0.29) is 12.5 Å². The van der Waals surface area contributed by atoms with Crippen LogP contribution < -0.4 is 0 Å². The van der Waals surface area contributed by atoms with Crippen molar-refractivity contribution < 1.29 is 32.2 Å². The van der Waals surface area contributed by atoms with E-state index >= 15 is 4.39 Å². The molecule has 2 aliphatic rings. The van der Waals surface area contributed by atoms with Gasteiger partial charge in [-0.25, -0.2) is 0 Å². The smallest absolute Gasteiger partial charge is 0.244 e. The SMILES string of the molecule is C[Si](C)(C)OC1=NC(O[Si](C)(C)C)N([C@@H]2O[C@H](COCc3ccccc3)[C@@H](OCc3ccccc3)[C@H]2OCc2ccccc2)C=C1F. The van der Waals surface area contributed by atoms with E-state index in [0.29, 0.717) is 19.8 Å². The molecule has 47 heavy (non-hydrogen) atoms. The van der Waals surface area contributed by atoms with Crippen molar-refractivity contribution in [3.63, 3.8) is 0 Å². The Kier molecular flexibility index (Phi) is 11.8. The van der Waals surface area contributed by atoms with E-state index in [1.54, 1.807) is 4.90 Å². The quantitative estimate of drug-likeness (QED) is 0.163. The van der Waals surface area contributed by atoms with Crippen LogP contribution in [0.1, 0.15) is 16.7 Å². The number of aliphatic imine (C=N–C) groups is 1. The van der Waals surface area contributed by atoms with Gasteiger partial charge in [-0.05, 0) is 56.0 Å². The zero-order valence-electron chi connectivity index (χ0n) is 28.2. The number of rotatable bonds is 14. The summed E-state index contributed by atoms with van der Waals surface area (Å²) in [5, 5.41) is 0. The van der Waals surface area contributed by atoms with Gasteiger partial charge in [-0.2, -0.15) is 9.38 Å². The lowest BCUT2D eigenvalue weighted by atomic mass is 10.1. The van der Waals surface area contributed by atoms with Crippen LogP contribution in [0.2, 0.25) is 39.3 Å². The Bertz CT molecular complexity index is 1470. The van der Waals surface area contributed by atoms with Crippen molar-refractivity contribution in [1.29, 1.82) is 0 Å². The second kappa shape index (κ2) is 15.8. The maximum Gasteiger partial charge on any atom is 0.244 e. The summed E-state index contributed by atoms with van der Waals surface area (Å²) < 4.78 is 54.6. The Hall–Kier alpha value is -3.17. The number of hydrogen-bond donors (Lipinski definition) is 0. The molecule has 0 N–H and O–H groups in total. The molecule has 3 aromatic carbocycles. The summed E-state index contributed by atoms with van der Waals surface area (Å²) in [7, 11) is -4.36. The maximum absolute atomic E-state index is 15.8. The van der Waals surface area contributed by atoms with Crippen molar-refractivity contribution in [2.24, 2.45) is 4.99 Å². The fourth-order valence-corrected chi connectivity index (χ4v) is 6.85. The first-order chi connectivity index (χ1) is 22.4. The molecule has 1 fully saturated rings. The highest BCUT2D eigenvalue weighted by Crippen LogP contribution is 2.35. The predicted molar refractivity (Wildman–Crippen MR) is 186 cm³/mol. The standard InChI is InChI=1S/C36H47FN2O6Si2/c1-46(2,3)44-34-30(37)22-39(36(38-34)45-47(4,5)6)35-33(42-25-29-20-14-9-15-21-29)32(41-24-28-18-12-8-13-19-28)31(43-35)26-40-23-27-16-10-7-11-17-27/h7-22,31-33,35-36H,23-26H2,1-6H3/t31-,32-,33-,35-,36?/m1/s1. The van der Waals surface area contributed by atoms with E-state index in [9.17, 15) is 0 Å². The molecule has 3 aromatic rings. The van der Waals surface area contributed by atoms with Gasteiger partial charge in [0.2, 0.25) is 20.6 Å².